The lowest BCUT2D eigenvalue weighted by atomic mass is 9.77. The number of ketones is 1. The Morgan fingerprint density at radius 2 is 1.65 bits per heavy atom. The number of nitro benzene ring substituents is 1. The molecule has 2 heterocycles. The third-order valence-electron chi connectivity index (χ3n) is 9.77. The summed E-state index contributed by atoms with van der Waals surface area (Å²) in [5.74, 6) is 2.22. The SMILES string of the molecule is COC1=C(C=C2N(CCC(C)C)c3ccc(OC)cc3C2(C)C)C(=O)C1=CC1=[N+](CCC(C)C)c2cccc([N+](=O)[O-])c2C1(C)C. The van der Waals surface area contributed by atoms with Crippen molar-refractivity contribution < 1.29 is 23.8 Å². The highest BCUT2D eigenvalue weighted by molar-refractivity contribution is 6.24. The van der Waals surface area contributed by atoms with Gasteiger partial charge in [-0.05, 0) is 68.0 Å². The van der Waals surface area contributed by atoms with Crippen LogP contribution in [0.25, 0.3) is 0 Å². The highest BCUT2D eigenvalue weighted by Crippen LogP contribution is 2.51. The van der Waals surface area contributed by atoms with Crippen LogP contribution < -0.4 is 9.64 Å². The van der Waals surface area contributed by atoms with Crippen molar-refractivity contribution in [1.82, 2.24) is 0 Å². The molecule has 0 atom stereocenters. The summed E-state index contributed by atoms with van der Waals surface area (Å²) in [5.41, 5.74) is 5.76. The van der Waals surface area contributed by atoms with Crippen LogP contribution in [0.3, 0.4) is 0 Å². The second-order valence-electron chi connectivity index (χ2n) is 14.5. The van der Waals surface area contributed by atoms with E-state index in [1.54, 1.807) is 26.4 Å². The van der Waals surface area contributed by atoms with Gasteiger partial charge in [0.1, 0.15) is 23.6 Å². The number of rotatable bonds is 11. The Labute approximate surface area is 273 Å². The number of nitro groups is 1. The predicted molar refractivity (Wildman–Crippen MR) is 183 cm³/mol. The summed E-state index contributed by atoms with van der Waals surface area (Å²) in [7, 11) is 3.28. The van der Waals surface area contributed by atoms with Crippen LogP contribution in [-0.2, 0) is 20.4 Å². The van der Waals surface area contributed by atoms with Gasteiger partial charge in [-0.3, -0.25) is 14.9 Å². The lowest BCUT2D eigenvalue weighted by Crippen LogP contribution is -2.33. The number of hydrogen-bond acceptors (Lipinski definition) is 6. The number of benzene rings is 2. The summed E-state index contributed by atoms with van der Waals surface area (Å²) < 4.78 is 13.7. The summed E-state index contributed by atoms with van der Waals surface area (Å²) >= 11 is 0. The molecule has 0 bridgehead atoms. The molecule has 0 spiro atoms. The normalized spacial score (nSPS) is 19.8. The van der Waals surface area contributed by atoms with Crippen LogP contribution in [0.2, 0.25) is 0 Å². The van der Waals surface area contributed by atoms with E-state index in [4.69, 9.17) is 9.47 Å². The van der Waals surface area contributed by atoms with Crippen LogP contribution >= 0.6 is 0 Å². The third kappa shape index (κ3) is 5.46. The Hall–Kier alpha value is -4.20. The van der Waals surface area contributed by atoms with Gasteiger partial charge >= 0.3 is 0 Å². The summed E-state index contributed by atoms with van der Waals surface area (Å²) in [5, 5.41) is 12.1. The Kier molecular flexibility index (Phi) is 8.79. The van der Waals surface area contributed by atoms with Crippen LogP contribution in [0.15, 0.2) is 71.2 Å². The number of hydrogen-bond donors (Lipinski definition) is 0. The highest BCUT2D eigenvalue weighted by Gasteiger charge is 2.51. The molecule has 1 aliphatic carbocycles. The topological polar surface area (TPSA) is 84.9 Å². The minimum Gasteiger partial charge on any atom is -0.497 e. The van der Waals surface area contributed by atoms with Gasteiger partial charge in [-0.25, -0.2) is 0 Å². The molecule has 8 nitrogen and oxygen atoms in total. The van der Waals surface area contributed by atoms with Crippen molar-refractivity contribution in [3.05, 3.63) is 92.4 Å². The van der Waals surface area contributed by atoms with E-state index in [0.29, 0.717) is 40.8 Å². The lowest BCUT2D eigenvalue weighted by molar-refractivity contribution is -0.440. The van der Waals surface area contributed by atoms with Gasteiger partial charge in [0.25, 0.3) is 5.69 Å². The number of anilines is 1. The van der Waals surface area contributed by atoms with Crippen molar-refractivity contribution in [3.63, 3.8) is 0 Å². The highest BCUT2D eigenvalue weighted by atomic mass is 16.6. The fraction of sp³-hybridized carbons (Fsp3) is 0.474. The zero-order valence-electron chi connectivity index (χ0n) is 29.0. The molecule has 0 unspecified atom stereocenters. The number of allylic oxidation sites excluding steroid dienone is 5. The number of fused-ring (bicyclic) bond motifs is 2. The van der Waals surface area contributed by atoms with Gasteiger partial charge in [0.05, 0.1) is 35.7 Å². The number of methoxy groups -OCH3 is 2. The quantitative estimate of drug-likeness (QED) is 0.108. The average Bonchev–Trinajstić information content (AvgIpc) is 3.35. The summed E-state index contributed by atoms with van der Waals surface area (Å²) in [6.07, 6.45) is 5.81. The van der Waals surface area contributed by atoms with E-state index in [1.807, 2.05) is 38.1 Å². The zero-order valence-corrected chi connectivity index (χ0v) is 29.0. The maximum atomic E-state index is 14.1. The molecular weight excluding hydrogens is 578 g/mol. The molecule has 8 heteroatoms. The van der Waals surface area contributed by atoms with Gasteiger partial charge in [0.2, 0.25) is 11.5 Å². The minimum absolute atomic E-state index is 0.0879. The van der Waals surface area contributed by atoms with Crippen molar-refractivity contribution >= 4 is 28.6 Å². The van der Waals surface area contributed by atoms with E-state index in [0.717, 1.165) is 53.5 Å². The first kappa shape index (κ1) is 33.2. The summed E-state index contributed by atoms with van der Waals surface area (Å²) in [6, 6.07) is 11.5. The molecule has 244 valence electrons. The first-order valence-electron chi connectivity index (χ1n) is 16.3. The summed E-state index contributed by atoms with van der Waals surface area (Å²) in [4.78, 5) is 28.2. The summed E-state index contributed by atoms with van der Waals surface area (Å²) in [6.45, 7) is 18.7. The van der Waals surface area contributed by atoms with E-state index in [1.165, 1.54) is 0 Å². The van der Waals surface area contributed by atoms with Gasteiger partial charge in [-0.2, -0.15) is 4.58 Å². The smallest absolute Gasteiger partial charge is 0.280 e. The molecule has 0 fully saturated rings. The standard InChI is InChI=1S/C38H48N3O5/c1-23(2)16-18-39-29-15-14-25(45-9)20-28(29)37(5,6)32(39)21-26-35(42)27(36(26)46-10)22-33-38(7,8)34-30(40(33)19-17-24(3)4)12-11-13-31(34)41(43)44/h11-15,20-24H,16-19H2,1-10H3/q+1. The van der Waals surface area contributed by atoms with Crippen LogP contribution in [0.4, 0.5) is 17.1 Å². The molecule has 0 radical (unpaired) electrons. The monoisotopic (exact) mass is 626 g/mol. The second-order valence-corrected chi connectivity index (χ2v) is 14.5. The Bertz CT molecular complexity index is 1720. The van der Waals surface area contributed by atoms with E-state index >= 15 is 0 Å². The third-order valence-corrected chi connectivity index (χ3v) is 9.77. The van der Waals surface area contributed by atoms with Crippen molar-refractivity contribution in [2.45, 2.75) is 79.1 Å². The van der Waals surface area contributed by atoms with Crippen molar-refractivity contribution in [3.8, 4) is 5.75 Å². The van der Waals surface area contributed by atoms with Gasteiger partial charge in [-0.1, -0.05) is 41.5 Å². The predicted octanol–water partition coefficient (Wildman–Crippen LogP) is 8.16. The molecule has 3 aliphatic rings. The molecule has 5 rings (SSSR count). The van der Waals surface area contributed by atoms with Crippen LogP contribution in [0, 0.1) is 22.0 Å². The van der Waals surface area contributed by atoms with Gasteiger partial charge in [-0.15, -0.1) is 0 Å². The molecule has 2 aromatic rings. The second kappa shape index (κ2) is 12.2. The molecule has 2 aromatic carbocycles. The largest absolute Gasteiger partial charge is 0.497 e. The van der Waals surface area contributed by atoms with E-state index in [-0.39, 0.29) is 21.8 Å². The van der Waals surface area contributed by atoms with Crippen LogP contribution in [-0.4, -0.2) is 48.3 Å². The molecular formula is C38H48N3O5+. The van der Waals surface area contributed by atoms with Gasteiger partial charge in [0, 0.05) is 48.0 Å². The molecule has 46 heavy (non-hydrogen) atoms. The Morgan fingerprint density at radius 1 is 0.957 bits per heavy atom. The fourth-order valence-electron chi connectivity index (χ4n) is 7.09. The number of carbonyl (C=O) groups excluding carboxylic acids is 1. The number of nitrogens with zero attached hydrogens (tertiary/aromatic N) is 3. The lowest BCUT2D eigenvalue weighted by Gasteiger charge is -2.30. The first-order chi connectivity index (χ1) is 21.6. The van der Waals surface area contributed by atoms with Gasteiger partial charge < -0.3 is 14.4 Å². The van der Waals surface area contributed by atoms with Crippen molar-refractivity contribution in [2.24, 2.45) is 11.8 Å². The number of Topliss-reactive ketones (excluding diaryl/α,β-unsaturated/α-hetero) is 1. The fourth-order valence-corrected chi connectivity index (χ4v) is 7.09. The van der Waals surface area contributed by atoms with Crippen LogP contribution in [0.5, 0.6) is 5.75 Å². The molecule has 0 aromatic heterocycles. The Balaban J connectivity index is 1.64. The zero-order chi connectivity index (χ0) is 33.7. The van der Waals surface area contributed by atoms with E-state index < -0.39 is 5.41 Å². The minimum atomic E-state index is -0.696. The van der Waals surface area contributed by atoms with E-state index in [2.05, 4.69) is 63.2 Å². The van der Waals surface area contributed by atoms with Crippen molar-refractivity contribution in [1.29, 1.82) is 0 Å². The molecule has 2 aliphatic heterocycles. The first-order valence-corrected chi connectivity index (χ1v) is 16.3. The molecule has 0 saturated carbocycles. The molecule has 0 amide bonds. The number of carbonyl (C=O) groups is 1. The average molecular weight is 627 g/mol. The maximum Gasteiger partial charge on any atom is 0.280 e. The maximum absolute atomic E-state index is 14.1. The van der Waals surface area contributed by atoms with Crippen molar-refractivity contribution in [2.75, 3.05) is 32.2 Å². The van der Waals surface area contributed by atoms with Gasteiger partial charge in [0.15, 0.2) is 5.71 Å². The Morgan fingerprint density at radius 3 is 2.26 bits per heavy atom. The molecule has 0 saturated heterocycles. The number of ether oxygens (including phenoxy) is 2. The van der Waals surface area contributed by atoms with E-state index in [9.17, 15) is 14.9 Å². The van der Waals surface area contributed by atoms with Crippen LogP contribution in [0.1, 0.15) is 79.4 Å². The molecule has 0 N–H and O–H groups in total.